The van der Waals surface area contributed by atoms with Crippen molar-refractivity contribution in [2.45, 2.75) is 6.42 Å². The van der Waals surface area contributed by atoms with Gasteiger partial charge in [0.1, 0.15) is 11.6 Å². The number of hydrogen-bond donors (Lipinski definition) is 0. The van der Waals surface area contributed by atoms with Crippen LogP contribution in [0, 0.1) is 5.82 Å². The van der Waals surface area contributed by atoms with Crippen molar-refractivity contribution in [3.63, 3.8) is 0 Å². The van der Waals surface area contributed by atoms with Gasteiger partial charge in [-0.3, -0.25) is 4.79 Å². The number of ether oxygens (including phenoxy) is 1. The number of anilines is 2. The number of rotatable bonds is 4. The van der Waals surface area contributed by atoms with Crippen LogP contribution in [-0.2, 0) is 16.0 Å². The standard InChI is InChI=1S/C18H20FN3O2/c1-21(18(23)12-14-3-2-4-15(19)11-14)16-5-6-17(20-13-16)22-7-9-24-10-8-22/h2-6,11,13H,7-10,12H2,1H3. The summed E-state index contributed by atoms with van der Waals surface area (Å²) in [6.07, 6.45) is 1.84. The highest BCUT2D eigenvalue weighted by Crippen LogP contribution is 2.18. The van der Waals surface area contributed by atoms with Crippen molar-refractivity contribution in [2.24, 2.45) is 0 Å². The predicted octanol–water partition coefficient (Wildman–Crippen LogP) is 2.26. The minimum Gasteiger partial charge on any atom is -0.378 e. The number of carbonyl (C=O) groups excluding carboxylic acids is 1. The molecule has 0 N–H and O–H groups in total. The first kappa shape index (κ1) is 16.4. The second-order valence-electron chi connectivity index (χ2n) is 5.73. The van der Waals surface area contributed by atoms with Crippen LogP contribution < -0.4 is 9.80 Å². The summed E-state index contributed by atoms with van der Waals surface area (Å²) < 4.78 is 18.5. The number of amides is 1. The van der Waals surface area contributed by atoms with Crippen LogP contribution >= 0.6 is 0 Å². The van der Waals surface area contributed by atoms with Gasteiger partial charge in [0.2, 0.25) is 5.91 Å². The normalized spacial score (nSPS) is 14.5. The van der Waals surface area contributed by atoms with Gasteiger partial charge < -0.3 is 14.5 Å². The first-order valence-corrected chi connectivity index (χ1v) is 7.93. The van der Waals surface area contributed by atoms with Gasteiger partial charge in [0.25, 0.3) is 0 Å². The zero-order chi connectivity index (χ0) is 16.9. The summed E-state index contributed by atoms with van der Waals surface area (Å²) in [6, 6.07) is 9.89. The number of aromatic nitrogens is 1. The number of pyridine rings is 1. The van der Waals surface area contributed by atoms with Crippen molar-refractivity contribution < 1.29 is 13.9 Å². The van der Waals surface area contributed by atoms with E-state index in [0.29, 0.717) is 24.5 Å². The van der Waals surface area contributed by atoms with E-state index in [2.05, 4.69) is 9.88 Å². The van der Waals surface area contributed by atoms with Crippen molar-refractivity contribution >= 4 is 17.4 Å². The first-order chi connectivity index (χ1) is 11.6. The van der Waals surface area contributed by atoms with Crippen molar-refractivity contribution in [2.75, 3.05) is 43.2 Å². The monoisotopic (exact) mass is 329 g/mol. The summed E-state index contributed by atoms with van der Waals surface area (Å²) >= 11 is 0. The summed E-state index contributed by atoms with van der Waals surface area (Å²) in [6.45, 7) is 3.05. The van der Waals surface area contributed by atoms with E-state index in [0.717, 1.165) is 18.9 Å². The maximum atomic E-state index is 13.2. The second-order valence-corrected chi connectivity index (χ2v) is 5.73. The van der Waals surface area contributed by atoms with Gasteiger partial charge in [-0.25, -0.2) is 9.37 Å². The zero-order valence-electron chi connectivity index (χ0n) is 13.6. The molecule has 0 radical (unpaired) electrons. The van der Waals surface area contributed by atoms with E-state index in [9.17, 15) is 9.18 Å². The van der Waals surface area contributed by atoms with Crippen LogP contribution in [0.1, 0.15) is 5.56 Å². The quantitative estimate of drug-likeness (QED) is 0.863. The lowest BCUT2D eigenvalue weighted by Gasteiger charge is -2.28. The third-order valence-electron chi connectivity index (χ3n) is 4.07. The number of hydrogen-bond acceptors (Lipinski definition) is 4. The van der Waals surface area contributed by atoms with Crippen LogP contribution in [0.5, 0.6) is 0 Å². The topological polar surface area (TPSA) is 45.7 Å². The molecule has 1 amide bonds. The van der Waals surface area contributed by atoms with E-state index in [1.54, 1.807) is 30.3 Å². The van der Waals surface area contributed by atoms with Crippen LogP contribution in [0.25, 0.3) is 0 Å². The van der Waals surface area contributed by atoms with Crippen molar-refractivity contribution in [3.05, 3.63) is 54.0 Å². The Bertz CT molecular complexity index is 700. The Morgan fingerprint density at radius 2 is 2.08 bits per heavy atom. The molecule has 3 rings (SSSR count). The van der Waals surface area contributed by atoms with Gasteiger partial charge in [0.15, 0.2) is 0 Å². The fourth-order valence-electron chi connectivity index (χ4n) is 2.64. The van der Waals surface area contributed by atoms with Gasteiger partial charge in [-0.15, -0.1) is 0 Å². The Balaban J connectivity index is 1.65. The van der Waals surface area contributed by atoms with Crippen molar-refractivity contribution in [1.29, 1.82) is 0 Å². The Morgan fingerprint density at radius 1 is 1.29 bits per heavy atom. The molecule has 1 fully saturated rings. The first-order valence-electron chi connectivity index (χ1n) is 7.93. The Kier molecular flexibility index (Phi) is 5.05. The molecular formula is C18H20FN3O2. The fourth-order valence-corrected chi connectivity index (χ4v) is 2.64. The van der Waals surface area contributed by atoms with E-state index in [1.807, 2.05) is 12.1 Å². The molecule has 0 aliphatic carbocycles. The molecule has 1 aromatic heterocycles. The van der Waals surface area contributed by atoms with Crippen LogP contribution in [-0.4, -0.2) is 44.2 Å². The molecule has 0 saturated carbocycles. The third-order valence-corrected chi connectivity index (χ3v) is 4.07. The fraction of sp³-hybridized carbons (Fsp3) is 0.333. The predicted molar refractivity (Wildman–Crippen MR) is 90.8 cm³/mol. The molecule has 0 bridgehead atoms. The number of benzene rings is 1. The number of halogens is 1. The van der Waals surface area contributed by atoms with Gasteiger partial charge in [0.05, 0.1) is 31.5 Å². The average molecular weight is 329 g/mol. The Morgan fingerprint density at radius 3 is 2.75 bits per heavy atom. The van der Waals surface area contributed by atoms with Crippen LogP contribution in [0.3, 0.4) is 0 Å². The summed E-state index contributed by atoms with van der Waals surface area (Å²) in [5.41, 5.74) is 1.37. The lowest BCUT2D eigenvalue weighted by Crippen LogP contribution is -2.36. The van der Waals surface area contributed by atoms with Gasteiger partial charge in [-0.05, 0) is 29.8 Å². The molecule has 126 valence electrons. The number of likely N-dealkylation sites (N-methyl/N-ethyl adjacent to an activating group) is 1. The molecule has 1 saturated heterocycles. The van der Waals surface area contributed by atoms with Gasteiger partial charge in [-0.2, -0.15) is 0 Å². The minimum atomic E-state index is -0.334. The van der Waals surface area contributed by atoms with Crippen molar-refractivity contribution in [1.82, 2.24) is 4.98 Å². The molecule has 1 aliphatic heterocycles. The molecule has 1 aliphatic rings. The smallest absolute Gasteiger partial charge is 0.231 e. The molecule has 0 unspecified atom stereocenters. The SMILES string of the molecule is CN(C(=O)Cc1cccc(F)c1)c1ccc(N2CCOCC2)nc1. The van der Waals surface area contributed by atoms with E-state index < -0.39 is 0 Å². The summed E-state index contributed by atoms with van der Waals surface area (Å²) in [5, 5.41) is 0. The lowest BCUT2D eigenvalue weighted by atomic mass is 10.1. The summed E-state index contributed by atoms with van der Waals surface area (Å²) in [5.74, 6) is 0.439. The second kappa shape index (κ2) is 7.40. The number of carbonyl (C=O) groups is 1. The largest absolute Gasteiger partial charge is 0.378 e. The highest BCUT2D eigenvalue weighted by molar-refractivity contribution is 5.94. The van der Waals surface area contributed by atoms with Gasteiger partial charge in [-0.1, -0.05) is 12.1 Å². The molecule has 0 spiro atoms. The number of morpholine rings is 1. The van der Waals surface area contributed by atoms with E-state index >= 15 is 0 Å². The highest BCUT2D eigenvalue weighted by Gasteiger charge is 2.15. The van der Waals surface area contributed by atoms with Crippen LogP contribution in [0.15, 0.2) is 42.6 Å². The van der Waals surface area contributed by atoms with Crippen molar-refractivity contribution in [3.8, 4) is 0 Å². The Labute approximate surface area is 140 Å². The highest BCUT2D eigenvalue weighted by atomic mass is 19.1. The number of nitrogens with zero attached hydrogens (tertiary/aromatic N) is 3. The Hall–Kier alpha value is -2.47. The van der Waals surface area contributed by atoms with Crippen LogP contribution in [0.4, 0.5) is 15.9 Å². The molecular weight excluding hydrogens is 309 g/mol. The van der Waals surface area contributed by atoms with Crippen LogP contribution in [0.2, 0.25) is 0 Å². The van der Waals surface area contributed by atoms with Gasteiger partial charge in [0, 0.05) is 20.1 Å². The maximum Gasteiger partial charge on any atom is 0.231 e. The molecule has 2 heterocycles. The summed E-state index contributed by atoms with van der Waals surface area (Å²) in [7, 11) is 1.70. The molecule has 6 heteroatoms. The van der Waals surface area contributed by atoms with E-state index in [4.69, 9.17) is 4.74 Å². The van der Waals surface area contributed by atoms with E-state index in [1.165, 1.54) is 12.1 Å². The minimum absolute atomic E-state index is 0.110. The molecule has 1 aromatic carbocycles. The average Bonchev–Trinajstić information content (AvgIpc) is 2.62. The lowest BCUT2D eigenvalue weighted by molar-refractivity contribution is -0.117. The zero-order valence-corrected chi connectivity index (χ0v) is 13.6. The summed E-state index contributed by atoms with van der Waals surface area (Å²) in [4.78, 5) is 20.5. The molecule has 5 nitrogen and oxygen atoms in total. The van der Waals surface area contributed by atoms with E-state index in [-0.39, 0.29) is 18.1 Å². The molecule has 2 aromatic rings. The maximum absolute atomic E-state index is 13.2. The van der Waals surface area contributed by atoms with Gasteiger partial charge >= 0.3 is 0 Å². The third kappa shape index (κ3) is 3.89. The molecule has 0 atom stereocenters. The molecule has 24 heavy (non-hydrogen) atoms.